The van der Waals surface area contributed by atoms with Gasteiger partial charge >= 0.3 is 0 Å². The Kier molecular flexibility index (Phi) is 2.20. The molecular formula is C11H21N3. The molecular weight excluding hydrogens is 174 g/mol. The first-order chi connectivity index (χ1) is 6.54. The summed E-state index contributed by atoms with van der Waals surface area (Å²) in [7, 11) is 0. The number of rotatable bonds is 3. The van der Waals surface area contributed by atoms with E-state index >= 15 is 0 Å². The number of hydrogen-bond donors (Lipinski definition) is 1. The quantitative estimate of drug-likeness (QED) is 0.740. The summed E-state index contributed by atoms with van der Waals surface area (Å²) >= 11 is 0. The van der Waals surface area contributed by atoms with Crippen LogP contribution in [0.4, 0.5) is 0 Å². The lowest BCUT2D eigenvalue weighted by Crippen LogP contribution is -2.52. The Morgan fingerprint density at radius 1 is 1.57 bits per heavy atom. The molecule has 1 fully saturated rings. The predicted molar refractivity (Wildman–Crippen MR) is 59.2 cm³/mol. The second kappa shape index (κ2) is 3.14. The highest BCUT2D eigenvalue weighted by atomic mass is 15.4. The van der Waals surface area contributed by atoms with E-state index in [1.807, 2.05) is 0 Å². The smallest absolute Gasteiger partial charge is 0.191 e. The Labute approximate surface area is 86.4 Å². The number of guanidine groups is 1. The monoisotopic (exact) mass is 195 g/mol. The summed E-state index contributed by atoms with van der Waals surface area (Å²) < 4.78 is 0. The maximum atomic E-state index is 5.94. The van der Waals surface area contributed by atoms with Crippen LogP contribution in [0.5, 0.6) is 0 Å². The molecule has 1 heterocycles. The van der Waals surface area contributed by atoms with Crippen LogP contribution in [0.15, 0.2) is 4.99 Å². The van der Waals surface area contributed by atoms with Crippen molar-refractivity contribution in [3.63, 3.8) is 0 Å². The molecule has 2 rings (SSSR count). The summed E-state index contributed by atoms with van der Waals surface area (Å²) in [5, 5.41) is 0. The average molecular weight is 195 g/mol. The minimum atomic E-state index is 0.231. The molecule has 0 aromatic carbocycles. The lowest BCUT2D eigenvalue weighted by molar-refractivity contribution is 0.175. The van der Waals surface area contributed by atoms with Gasteiger partial charge in [-0.15, -0.1) is 0 Å². The fourth-order valence-electron chi connectivity index (χ4n) is 2.40. The van der Waals surface area contributed by atoms with Crippen molar-refractivity contribution in [2.45, 2.75) is 39.2 Å². The van der Waals surface area contributed by atoms with E-state index in [0.29, 0.717) is 5.92 Å². The largest absolute Gasteiger partial charge is 0.370 e. The maximum absolute atomic E-state index is 5.94. The van der Waals surface area contributed by atoms with Gasteiger partial charge < -0.3 is 10.6 Å². The van der Waals surface area contributed by atoms with Gasteiger partial charge in [-0.05, 0) is 31.6 Å². The third kappa shape index (κ3) is 1.49. The lowest BCUT2D eigenvalue weighted by atomic mass is 9.94. The van der Waals surface area contributed by atoms with E-state index in [1.165, 1.54) is 12.8 Å². The molecule has 1 saturated carbocycles. The summed E-state index contributed by atoms with van der Waals surface area (Å²) in [6, 6.07) is 0. The third-order valence-corrected chi connectivity index (χ3v) is 3.46. The van der Waals surface area contributed by atoms with Gasteiger partial charge in [0.15, 0.2) is 5.96 Å². The Balaban J connectivity index is 2.11. The highest BCUT2D eigenvalue weighted by Crippen LogP contribution is 2.45. The van der Waals surface area contributed by atoms with Gasteiger partial charge in [-0.1, -0.05) is 13.8 Å². The molecule has 0 bridgehead atoms. The molecule has 3 heteroatoms. The molecule has 0 spiro atoms. The highest BCUT2D eigenvalue weighted by molar-refractivity contribution is 5.81. The summed E-state index contributed by atoms with van der Waals surface area (Å²) in [6.45, 7) is 8.73. The van der Waals surface area contributed by atoms with E-state index in [4.69, 9.17) is 5.73 Å². The molecule has 80 valence electrons. The van der Waals surface area contributed by atoms with Crippen LogP contribution in [-0.2, 0) is 0 Å². The first kappa shape index (κ1) is 9.81. The molecule has 0 saturated heterocycles. The fraction of sp³-hybridized carbons (Fsp3) is 0.909. The minimum Gasteiger partial charge on any atom is -0.370 e. The summed E-state index contributed by atoms with van der Waals surface area (Å²) in [6.07, 6.45) is 2.71. The molecule has 2 N–H and O–H groups in total. The van der Waals surface area contributed by atoms with Gasteiger partial charge in [0.05, 0.1) is 12.1 Å². The molecule has 0 radical (unpaired) electrons. The van der Waals surface area contributed by atoms with E-state index in [1.54, 1.807) is 0 Å². The maximum Gasteiger partial charge on any atom is 0.191 e. The number of hydrogen-bond acceptors (Lipinski definition) is 3. The van der Waals surface area contributed by atoms with E-state index in [0.717, 1.165) is 25.0 Å². The molecule has 1 aliphatic carbocycles. The molecule has 0 aromatic heterocycles. The van der Waals surface area contributed by atoms with Crippen molar-refractivity contribution >= 4 is 5.96 Å². The topological polar surface area (TPSA) is 41.6 Å². The zero-order valence-corrected chi connectivity index (χ0v) is 9.45. The van der Waals surface area contributed by atoms with Crippen molar-refractivity contribution in [1.29, 1.82) is 0 Å². The molecule has 1 unspecified atom stereocenters. The van der Waals surface area contributed by atoms with Crippen LogP contribution in [0.25, 0.3) is 0 Å². The van der Waals surface area contributed by atoms with Crippen molar-refractivity contribution in [3.8, 4) is 0 Å². The van der Waals surface area contributed by atoms with Gasteiger partial charge in [0.2, 0.25) is 0 Å². The van der Waals surface area contributed by atoms with E-state index in [9.17, 15) is 0 Å². The number of aliphatic imine (C=N–C) groups is 1. The molecule has 1 aliphatic heterocycles. The molecule has 0 aromatic rings. The van der Waals surface area contributed by atoms with Crippen LogP contribution < -0.4 is 5.73 Å². The fourth-order valence-corrected chi connectivity index (χ4v) is 2.40. The third-order valence-electron chi connectivity index (χ3n) is 3.46. The van der Waals surface area contributed by atoms with Crippen molar-refractivity contribution < 1.29 is 0 Å². The molecule has 2 aliphatic rings. The normalized spacial score (nSPS) is 32.6. The van der Waals surface area contributed by atoms with Crippen LogP contribution in [0.3, 0.4) is 0 Å². The van der Waals surface area contributed by atoms with E-state index < -0.39 is 0 Å². The molecule has 14 heavy (non-hydrogen) atoms. The summed E-state index contributed by atoms with van der Waals surface area (Å²) in [5.74, 6) is 2.24. The van der Waals surface area contributed by atoms with Gasteiger partial charge in [0, 0.05) is 6.54 Å². The van der Waals surface area contributed by atoms with Gasteiger partial charge in [-0.3, -0.25) is 4.99 Å². The highest BCUT2D eigenvalue weighted by Gasteiger charge is 2.49. The molecule has 0 amide bonds. The van der Waals surface area contributed by atoms with Gasteiger partial charge in [-0.25, -0.2) is 0 Å². The average Bonchev–Trinajstić information content (AvgIpc) is 2.89. The first-order valence-electron chi connectivity index (χ1n) is 5.61. The van der Waals surface area contributed by atoms with Crippen molar-refractivity contribution in [3.05, 3.63) is 0 Å². The summed E-state index contributed by atoms with van der Waals surface area (Å²) in [5.41, 5.74) is 6.17. The second-order valence-corrected chi connectivity index (χ2v) is 5.31. The van der Waals surface area contributed by atoms with Crippen LogP contribution in [-0.4, -0.2) is 29.5 Å². The minimum absolute atomic E-state index is 0.231. The zero-order valence-electron chi connectivity index (χ0n) is 9.45. The number of nitrogens with zero attached hydrogens (tertiary/aromatic N) is 2. The van der Waals surface area contributed by atoms with Crippen LogP contribution in [0, 0.1) is 11.8 Å². The second-order valence-electron chi connectivity index (χ2n) is 5.31. The summed E-state index contributed by atoms with van der Waals surface area (Å²) in [4.78, 5) is 6.73. The molecule has 1 atom stereocenters. The van der Waals surface area contributed by atoms with Crippen LogP contribution in [0.2, 0.25) is 0 Å². The SMILES string of the molecule is CC(C)CN1C(N)=NCC1(C)C1CC1. The Hall–Kier alpha value is -0.730. The van der Waals surface area contributed by atoms with E-state index in [-0.39, 0.29) is 5.54 Å². The van der Waals surface area contributed by atoms with Crippen molar-refractivity contribution in [1.82, 2.24) is 4.90 Å². The standard InChI is InChI=1S/C11H21N3/c1-8(2)6-14-10(12)13-7-11(14,3)9-4-5-9/h8-9H,4-7H2,1-3H3,(H2,12,13). The van der Waals surface area contributed by atoms with Gasteiger partial charge in [0.1, 0.15) is 0 Å². The van der Waals surface area contributed by atoms with Gasteiger partial charge in [-0.2, -0.15) is 0 Å². The lowest BCUT2D eigenvalue weighted by Gasteiger charge is -2.37. The van der Waals surface area contributed by atoms with Crippen molar-refractivity contribution in [2.24, 2.45) is 22.6 Å². The van der Waals surface area contributed by atoms with Crippen LogP contribution in [0.1, 0.15) is 33.6 Å². The molecule has 3 nitrogen and oxygen atoms in total. The predicted octanol–water partition coefficient (Wildman–Crippen LogP) is 1.44. The van der Waals surface area contributed by atoms with Gasteiger partial charge in [0.25, 0.3) is 0 Å². The first-order valence-corrected chi connectivity index (χ1v) is 5.61. The Morgan fingerprint density at radius 3 is 2.71 bits per heavy atom. The Bertz CT molecular complexity index is 255. The van der Waals surface area contributed by atoms with E-state index in [2.05, 4.69) is 30.7 Å². The number of nitrogens with two attached hydrogens (primary N) is 1. The Morgan fingerprint density at radius 2 is 2.21 bits per heavy atom. The zero-order chi connectivity index (χ0) is 10.3. The van der Waals surface area contributed by atoms with Crippen molar-refractivity contribution in [2.75, 3.05) is 13.1 Å². The van der Waals surface area contributed by atoms with Crippen LogP contribution >= 0.6 is 0 Å².